The molecule has 1 N–H and O–H groups in total. The summed E-state index contributed by atoms with van der Waals surface area (Å²) in [6.45, 7) is 2.42. The van der Waals surface area contributed by atoms with Crippen molar-refractivity contribution in [3.05, 3.63) is 0 Å². The van der Waals surface area contributed by atoms with Crippen LogP contribution in [0.5, 0.6) is 0 Å². The van der Waals surface area contributed by atoms with Gasteiger partial charge in [0.25, 0.3) is 0 Å². The summed E-state index contributed by atoms with van der Waals surface area (Å²) in [5.41, 5.74) is 0. The van der Waals surface area contributed by atoms with E-state index in [1.807, 2.05) is 9.80 Å². The normalized spacial score (nSPS) is 28.6. The van der Waals surface area contributed by atoms with Crippen LogP contribution >= 0.6 is 0 Å². The van der Waals surface area contributed by atoms with Gasteiger partial charge in [-0.25, -0.2) is 0 Å². The lowest BCUT2D eigenvalue weighted by Crippen LogP contribution is -2.53. The maximum Gasteiger partial charge on any atom is 0.306 e. The molecule has 6 nitrogen and oxygen atoms in total. The Kier molecular flexibility index (Phi) is 5.97. The number of carbonyl (C=O) groups is 3. The summed E-state index contributed by atoms with van der Waals surface area (Å²) in [4.78, 5) is 40.3. The van der Waals surface area contributed by atoms with Crippen molar-refractivity contribution in [2.45, 2.75) is 57.8 Å². The average molecular weight is 350 g/mol. The molecule has 2 atom stereocenters. The van der Waals surface area contributed by atoms with E-state index < -0.39 is 5.97 Å². The molecule has 2 aliphatic carbocycles. The lowest BCUT2D eigenvalue weighted by Gasteiger charge is -2.39. The lowest BCUT2D eigenvalue weighted by atomic mass is 9.80. The molecular formula is C19H30N2O4. The minimum absolute atomic E-state index is 0.0933. The fourth-order valence-corrected chi connectivity index (χ4v) is 4.65. The van der Waals surface area contributed by atoms with Gasteiger partial charge in [-0.2, -0.15) is 0 Å². The standard InChI is InChI=1S/C19H30N2O4/c22-17(14-5-2-1-3-6-14)20-9-11-21(12-10-20)18(23)15-7-4-8-16(13-15)19(24)25/h14-16H,1-13H2,(H,24,25). The highest BCUT2D eigenvalue weighted by Gasteiger charge is 2.35. The van der Waals surface area contributed by atoms with Crippen LogP contribution in [0.15, 0.2) is 0 Å². The fourth-order valence-electron chi connectivity index (χ4n) is 4.65. The number of aliphatic carboxylic acids is 1. The van der Waals surface area contributed by atoms with Gasteiger partial charge in [-0.05, 0) is 32.1 Å². The third-order valence-electron chi connectivity index (χ3n) is 6.23. The molecule has 0 radical (unpaired) electrons. The van der Waals surface area contributed by atoms with Crippen LogP contribution < -0.4 is 0 Å². The Morgan fingerprint density at radius 1 is 0.640 bits per heavy atom. The summed E-state index contributed by atoms with van der Waals surface area (Å²) >= 11 is 0. The molecule has 0 aromatic rings. The van der Waals surface area contributed by atoms with E-state index in [2.05, 4.69) is 0 Å². The van der Waals surface area contributed by atoms with Gasteiger partial charge in [-0.3, -0.25) is 14.4 Å². The van der Waals surface area contributed by atoms with Gasteiger partial charge >= 0.3 is 5.97 Å². The molecule has 3 fully saturated rings. The molecule has 140 valence electrons. The number of carbonyl (C=O) groups excluding carboxylic acids is 2. The Labute approximate surface area is 149 Å². The average Bonchev–Trinajstić information content (AvgIpc) is 2.67. The van der Waals surface area contributed by atoms with Crippen molar-refractivity contribution in [1.82, 2.24) is 9.80 Å². The third kappa shape index (κ3) is 4.33. The van der Waals surface area contributed by atoms with Gasteiger partial charge in [0.05, 0.1) is 5.92 Å². The van der Waals surface area contributed by atoms with Crippen molar-refractivity contribution in [3.8, 4) is 0 Å². The quantitative estimate of drug-likeness (QED) is 0.846. The monoisotopic (exact) mass is 350 g/mol. The first kappa shape index (κ1) is 18.2. The number of carboxylic acid groups (broad SMARTS) is 1. The molecule has 2 unspecified atom stereocenters. The van der Waals surface area contributed by atoms with E-state index in [0.717, 1.165) is 38.5 Å². The summed E-state index contributed by atoms with van der Waals surface area (Å²) in [6, 6.07) is 0. The fraction of sp³-hybridized carbons (Fsp3) is 0.842. The Balaban J connectivity index is 1.49. The molecule has 6 heteroatoms. The van der Waals surface area contributed by atoms with Crippen molar-refractivity contribution >= 4 is 17.8 Å². The topological polar surface area (TPSA) is 77.9 Å². The summed E-state index contributed by atoms with van der Waals surface area (Å²) in [5, 5.41) is 9.20. The third-order valence-corrected chi connectivity index (χ3v) is 6.23. The SMILES string of the molecule is O=C(O)C1CCCC(C(=O)N2CCN(C(=O)C3CCCCC3)CC2)C1. The first-order chi connectivity index (χ1) is 12.1. The number of hydrogen-bond donors (Lipinski definition) is 1. The molecule has 2 amide bonds. The Morgan fingerprint density at radius 2 is 1.12 bits per heavy atom. The predicted molar refractivity (Wildman–Crippen MR) is 92.8 cm³/mol. The van der Waals surface area contributed by atoms with E-state index in [9.17, 15) is 19.5 Å². The van der Waals surface area contributed by atoms with Crippen LogP contribution in [-0.2, 0) is 14.4 Å². The van der Waals surface area contributed by atoms with Crippen LogP contribution in [-0.4, -0.2) is 58.9 Å². The molecule has 0 spiro atoms. The molecule has 3 aliphatic rings. The number of piperazine rings is 1. The lowest BCUT2D eigenvalue weighted by molar-refractivity contribution is -0.148. The molecule has 1 heterocycles. The molecule has 25 heavy (non-hydrogen) atoms. The van der Waals surface area contributed by atoms with Crippen molar-refractivity contribution < 1.29 is 19.5 Å². The summed E-state index contributed by atoms with van der Waals surface area (Å²) in [6.07, 6.45) is 8.33. The van der Waals surface area contributed by atoms with Crippen molar-refractivity contribution in [2.75, 3.05) is 26.2 Å². The number of rotatable bonds is 3. The highest BCUT2D eigenvalue weighted by molar-refractivity contribution is 5.82. The molecule has 1 saturated heterocycles. The van der Waals surface area contributed by atoms with Gasteiger partial charge in [0.1, 0.15) is 0 Å². The molecule has 0 bridgehead atoms. The van der Waals surface area contributed by atoms with Crippen LogP contribution in [0.1, 0.15) is 57.8 Å². The van der Waals surface area contributed by atoms with E-state index >= 15 is 0 Å². The van der Waals surface area contributed by atoms with Crippen LogP contribution in [0.25, 0.3) is 0 Å². The maximum absolute atomic E-state index is 12.7. The number of nitrogens with zero attached hydrogens (tertiary/aromatic N) is 2. The molecule has 0 aromatic carbocycles. The zero-order chi connectivity index (χ0) is 17.8. The van der Waals surface area contributed by atoms with Crippen molar-refractivity contribution in [1.29, 1.82) is 0 Å². The predicted octanol–water partition coefficient (Wildman–Crippen LogP) is 2.13. The summed E-state index contributed by atoms with van der Waals surface area (Å²) < 4.78 is 0. The number of carboxylic acids is 1. The van der Waals surface area contributed by atoms with Crippen LogP contribution in [0.3, 0.4) is 0 Å². The number of hydrogen-bond acceptors (Lipinski definition) is 3. The second-order valence-corrected chi connectivity index (χ2v) is 7.88. The van der Waals surface area contributed by atoms with Crippen LogP contribution in [0.2, 0.25) is 0 Å². The van der Waals surface area contributed by atoms with E-state index in [4.69, 9.17) is 0 Å². The first-order valence-corrected chi connectivity index (χ1v) is 9.86. The van der Waals surface area contributed by atoms with E-state index in [1.165, 1.54) is 6.42 Å². The molecule has 2 saturated carbocycles. The molecular weight excluding hydrogens is 320 g/mol. The highest BCUT2D eigenvalue weighted by Crippen LogP contribution is 2.31. The second-order valence-electron chi connectivity index (χ2n) is 7.88. The van der Waals surface area contributed by atoms with Crippen molar-refractivity contribution in [2.24, 2.45) is 17.8 Å². The highest BCUT2D eigenvalue weighted by atomic mass is 16.4. The largest absolute Gasteiger partial charge is 0.481 e. The van der Waals surface area contributed by atoms with Gasteiger partial charge in [0, 0.05) is 38.0 Å². The van der Waals surface area contributed by atoms with Crippen LogP contribution in [0.4, 0.5) is 0 Å². The van der Waals surface area contributed by atoms with Gasteiger partial charge in [-0.15, -0.1) is 0 Å². The molecule has 0 aromatic heterocycles. The zero-order valence-corrected chi connectivity index (χ0v) is 15.0. The van der Waals surface area contributed by atoms with E-state index in [1.54, 1.807) is 0 Å². The van der Waals surface area contributed by atoms with Gasteiger partial charge in [0.2, 0.25) is 11.8 Å². The Morgan fingerprint density at radius 3 is 1.68 bits per heavy atom. The van der Waals surface area contributed by atoms with E-state index in [-0.39, 0.29) is 29.6 Å². The number of amides is 2. The van der Waals surface area contributed by atoms with Gasteiger partial charge in [-0.1, -0.05) is 25.7 Å². The second kappa shape index (κ2) is 8.19. The smallest absolute Gasteiger partial charge is 0.306 e. The Hall–Kier alpha value is -1.59. The first-order valence-electron chi connectivity index (χ1n) is 9.86. The zero-order valence-electron chi connectivity index (χ0n) is 15.0. The molecule has 3 rings (SSSR count). The minimum atomic E-state index is -0.777. The van der Waals surface area contributed by atoms with E-state index in [0.29, 0.717) is 39.0 Å². The summed E-state index contributed by atoms with van der Waals surface area (Å²) in [5.74, 6) is -0.760. The van der Waals surface area contributed by atoms with Gasteiger partial charge < -0.3 is 14.9 Å². The molecule has 1 aliphatic heterocycles. The maximum atomic E-state index is 12.7. The minimum Gasteiger partial charge on any atom is -0.481 e. The summed E-state index contributed by atoms with van der Waals surface area (Å²) in [7, 11) is 0. The van der Waals surface area contributed by atoms with Crippen LogP contribution in [0, 0.1) is 17.8 Å². The van der Waals surface area contributed by atoms with Gasteiger partial charge in [0.15, 0.2) is 0 Å². The Bertz CT molecular complexity index is 508. The van der Waals surface area contributed by atoms with Crippen molar-refractivity contribution in [3.63, 3.8) is 0 Å².